The lowest BCUT2D eigenvalue weighted by atomic mass is 10.0. The van der Waals surface area contributed by atoms with Crippen LogP contribution >= 0.6 is 15.9 Å². The first-order chi connectivity index (χ1) is 9.58. The van der Waals surface area contributed by atoms with Gasteiger partial charge >= 0.3 is 5.97 Å². The van der Waals surface area contributed by atoms with E-state index in [-0.39, 0.29) is 6.61 Å². The Labute approximate surface area is 124 Å². The first-order valence-electron chi connectivity index (χ1n) is 5.93. The van der Waals surface area contributed by atoms with Crippen molar-refractivity contribution in [2.75, 3.05) is 6.61 Å². The van der Waals surface area contributed by atoms with E-state index in [1.54, 1.807) is 30.3 Å². The molecule has 1 atom stereocenters. The topological polar surface area (TPSA) is 46.5 Å². The van der Waals surface area contributed by atoms with Crippen LogP contribution < -0.4 is 4.74 Å². The Bertz CT molecular complexity index is 601. The fraction of sp³-hybridized carbons (Fsp3) is 0.133. The number of carboxylic acid groups (broad SMARTS) is 1. The molecule has 1 N–H and O–H groups in total. The molecule has 0 aromatic heterocycles. The van der Waals surface area contributed by atoms with Crippen molar-refractivity contribution in [1.29, 1.82) is 0 Å². The Morgan fingerprint density at radius 3 is 2.55 bits per heavy atom. The third-order valence-electron chi connectivity index (χ3n) is 2.81. The van der Waals surface area contributed by atoms with Crippen LogP contribution in [-0.4, -0.2) is 17.7 Å². The van der Waals surface area contributed by atoms with E-state index in [2.05, 4.69) is 15.9 Å². The summed E-state index contributed by atoms with van der Waals surface area (Å²) < 4.78 is 19.1. The van der Waals surface area contributed by atoms with Crippen LogP contribution in [0.5, 0.6) is 5.75 Å². The quantitative estimate of drug-likeness (QED) is 0.900. The van der Waals surface area contributed by atoms with Crippen LogP contribution in [0.1, 0.15) is 11.5 Å². The average molecular weight is 339 g/mol. The maximum atomic E-state index is 13.3. The Kier molecular flexibility index (Phi) is 4.74. The molecular formula is C15H12BrFO3. The number of ether oxygens (including phenoxy) is 1. The van der Waals surface area contributed by atoms with E-state index in [1.807, 2.05) is 6.07 Å². The Morgan fingerprint density at radius 1 is 1.25 bits per heavy atom. The molecule has 0 bridgehead atoms. The number of carbonyl (C=O) groups is 1. The standard InChI is InChI=1S/C15H12BrFO3/c16-13-7-6-11(8-14(13)17)20-9-12(15(18)19)10-4-2-1-3-5-10/h1-8,12H,9H2,(H,18,19). The van der Waals surface area contributed by atoms with Gasteiger partial charge in [-0.3, -0.25) is 4.79 Å². The first-order valence-corrected chi connectivity index (χ1v) is 6.73. The molecule has 2 aromatic carbocycles. The zero-order valence-corrected chi connectivity index (χ0v) is 12.0. The van der Waals surface area contributed by atoms with Gasteiger partial charge in [0.05, 0.1) is 4.47 Å². The minimum atomic E-state index is -0.978. The first kappa shape index (κ1) is 14.5. The molecule has 0 amide bonds. The number of aliphatic carboxylic acids is 1. The maximum Gasteiger partial charge on any atom is 0.314 e. The molecule has 3 nitrogen and oxygen atoms in total. The van der Waals surface area contributed by atoms with Gasteiger partial charge in [-0.25, -0.2) is 4.39 Å². The monoisotopic (exact) mass is 338 g/mol. The van der Waals surface area contributed by atoms with Gasteiger partial charge in [-0.1, -0.05) is 30.3 Å². The van der Waals surface area contributed by atoms with E-state index in [9.17, 15) is 14.3 Å². The van der Waals surface area contributed by atoms with Gasteiger partial charge in [-0.2, -0.15) is 0 Å². The molecule has 1 unspecified atom stereocenters. The SMILES string of the molecule is O=C(O)C(COc1ccc(Br)c(F)c1)c1ccccc1. The Balaban J connectivity index is 2.10. The summed E-state index contributed by atoms with van der Waals surface area (Å²) in [5, 5.41) is 9.24. The highest BCUT2D eigenvalue weighted by Gasteiger charge is 2.20. The molecule has 104 valence electrons. The van der Waals surface area contributed by atoms with Crippen molar-refractivity contribution in [2.45, 2.75) is 5.92 Å². The minimum Gasteiger partial charge on any atom is -0.492 e. The normalized spacial score (nSPS) is 11.9. The molecule has 0 heterocycles. The second-order valence-electron chi connectivity index (χ2n) is 4.19. The summed E-state index contributed by atoms with van der Waals surface area (Å²) >= 11 is 3.04. The Morgan fingerprint density at radius 2 is 1.95 bits per heavy atom. The smallest absolute Gasteiger partial charge is 0.314 e. The summed E-state index contributed by atoms with van der Waals surface area (Å²) in [5.41, 5.74) is 0.651. The van der Waals surface area contributed by atoms with Crippen molar-refractivity contribution in [3.05, 3.63) is 64.4 Å². The summed E-state index contributed by atoms with van der Waals surface area (Å²) in [6, 6.07) is 13.1. The zero-order valence-electron chi connectivity index (χ0n) is 10.4. The highest BCUT2D eigenvalue weighted by Crippen LogP contribution is 2.23. The molecule has 0 aliphatic carbocycles. The minimum absolute atomic E-state index is 0.0551. The van der Waals surface area contributed by atoms with E-state index in [0.29, 0.717) is 15.8 Å². The van der Waals surface area contributed by atoms with E-state index in [0.717, 1.165) is 0 Å². The van der Waals surface area contributed by atoms with E-state index in [1.165, 1.54) is 12.1 Å². The predicted molar refractivity (Wildman–Crippen MR) is 76.4 cm³/mol. The van der Waals surface area contributed by atoms with Crippen LogP contribution in [0.2, 0.25) is 0 Å². The molecular weight excluding hydrogens is 327 g/mol. The van der Waals surface area contributed by atoms with E-state index in [4.69, 9.17) is 4.74 Å². The number of hydrogen-bond acceptors (Lipinski definition) is 2. The van der Waals surface area contributed by atoms with Crippen LogP contribution in [-0.2, 0) is 4.79 Å². The van der Waals surface area contributed by atoms with Gasteiger partial charge in [0.2, 0.25) is 0 Å². The molecule has 20 heavy (non-hydrogen) atoms. The highest BCUT2D eigenvalue weighted by atomic mass is 79.9. The third kappa shape index (κ3) is 3.57. The lowest BCUT2D eigenvalue weighted by Crippen LogP contribution is -2.19. The van der Waals surface area contributed by atoms with Crippen molar-refractivity contribution in [2.24, 2.45) is 0 Å². The molecule has 0 radical (unpaired) electrons. The number of rotatable bonds is 5. The molecule has 0 aliphatic rings. The number of carboxylic acids is 1. The van der Waals surface area contributed by atoms with Crippen molar-refractivity contribution in [3.8, 4) is 5.75 Å². The summed E-state index contributed by atoms with van der Waals surface area (Å²) in [4.78, 5) is 11.3. The summed E-state index contributed by atoms with van der Waals surface area (Å²) in [5.74, 6) is -1.92. The van der Waals surface area contributed by atoms with Crippen LogP contribution in [0, 0.1) is 5.82 Å². The summed E-state index contributed by atoms with van der Waals surface area (Å²) in [6.07, 6.45) is 0. The molecule has 0 saturated heterocycles. The molecule has 0 fully saturated rings. The van der Waals surface area contributed by atoms with Gasteiger partial charge < -0.3 is 9.84 Å². The Hall–Kier alpha value is -1.88. The van der Waals surface area contributed by atoms with Crippen molar-refractivity contribution in [3.63, 3.8) is 0 Å². The van der Waals surface area contributed by atoms with Gasteiger partial charge in [-0.15, -0.1) is 0 Å². The van der Waals surface area contributed by atoms with Crippen LogP contribution in [0.3, 0.4) is 0 Å². The van der Waals surface area contributed by atoms with Crippen LogP contribution in [0.4, 0.5) is 4.39 Å². The zero-order chi connectivity index (χ0) is 14.5. The molecule has 0 aliphatic heterocycles. The van der Waals surface area contributed by atoms with Crippen LogP contribution in [0.25, 0.3) is 0 Å². The lowest BCUT2D eigenvalue weighted by Gasteiger charge is -2.14. The fourth-order valence-corrected chi connectivity index (χ4v) is 1.99. The molecule has 2 rings (SSSR count). The summed E-state index contributed by atoms with van der Waals surface area (Å²) in [6.45, 7) is -0.0551. The second-order valence-corrected chi connectivity index (χ2v) is 5.04. The summed E-state index contributed by atoms with van der Waals surface area (Å²) in [7, 11) is 0. The van der Waals surface area contributed by atoms with Crippen molar-refractivity contribution < 1.29 is 19.0 Å². The molecule has 5 heteroatoms. The fourth-order valence-electron chi connectivity index (χ4n) is 1.74. The largest absolute Gasteiger partial charge is 0.492 e. The van der Waals surface area contributed by atoms with E-state index < -0.39 is 17.7 Å². The maximum absolute atomic E-state index is 13.3. The number of benzene rings is 2. The van der Waals surface area contributed by atoms with Gasteiger partial charge in [0.25, 0.3) is 0 Å². The van der Waals surface area contributed by atoms with Gasteiger partial charge in [0.15, 0.2) is 0 Å². The predicted octanol–water partition coefficient (Wildman–Crippen LogP) is 3.84. The molecule has 0 spiro atoms. The van der Waals surface area contributed by atoms with Crippen molar-refractivity contribution in [1.82, 2.24) is 0 Å². The lowest BCUT2D eigenvalue weighted by molar-refractivity contribution is -0.139. The van der Waals surface area contributed by atoms with Crippen LogP contribution in [0.15, 0.2) is 53.0 Å². The number of hydrogen-bond donors (Lipinski definition) is 1. The second kappa shape index (κ2) is 6.52. The average Bonchev–Trinajstić information content (AvgIpc) is 2.44. The van der Waals surface area contributed by atoms with Gasteiger partial charge in [-0.05, 0) is 33.6 Å². The van der Waals surface area contributed by atoms with Gasteiger partial charge in [0, 0.05) is 6.07 Å². The van der Waals surface area contributed by atoms with Gasteiger partial charge in [0.1, 0.15) is 24.1 Å². The van der Waals surface area contributed by atoms with E-state index >= 15 is 0 Å². The highest BCUT2D eigenvalue weighted by molar-refractivity contribution is 9.10. The van der Waals surface area contributed by atoms with Crippen molar-refractivity contribution >= 4 is 21.9 Å². The molecule has 2 aromatic rings. The third-order valence-corrected chi connectivity index (χ3v) is 3.45. The molecule has 0 saturated carbocycles. The number of halogens is 2.